The number of rotatable bonds is 2. The molecule has 1 aromatic rings. The summed E-state index contributed by atoms with van der Waals surface area (Å²) in [6.07, 6.45) is 2.26. The first-order chi connectivity index (χ1) is 6.12. The lowest BCUT2D eigenvalue weighted by molar-refractivity contribution is -0.0571. The maximum Gasteiger partial charge on any atom is 0.371 e. The van der Waals surface area contributed by atoms with E-state index in [9.17, 15) is 9.90 Å². The van der Waals surface area contributed by atoms with Gasteiger partial charge in [0.15, 0.2) is 0 Å². The predicted octanol–water partition coefficient (Wildman–Crippen LogP) is 1.35. The van der Waals surface area contributed by atoms with Gasteiger partial charge in [-0.2, -0.15) is 0 Å². The summed E-state index contributed by atoms with van der Waals surface area (Å²) in [5, 5.41) is 18.4. The highest BCUT2D eigenvalue weighted by atomic mass is 16.4. The molecule has 0 spiro atoms. The third-order valence-corrected chi connectivity index (χ3v) is 2.46. The van der Waals surface area contributed by atoms with Crippen molar-refractivity contribution < 1.29 is 19.4 Å². The van der Waals surface area contributed by atoms with E-state index in [0.29, 0.717) is 18.6 Å². The molecule has 1 aromatic heterocycles. The van der Waals surface area contributed by atoms with E-state index in [2.05, 4.69) is 0 Å². The zero-order valence-electron chi connectivity index (χ0n) is 6.99. The Balaban J connectivity index is 2.27. The molecule has 0 amide bonds. The fourth-order valence-corrected chi connectivity index (χ4v) is 1.46. The molecule has 0 aromatic carbocycles. The van der Waals surface area contributed by atoms with Crippen molar-refractivity contribution in [2.24, 2.45) is 0 Å². The van der Waals surface area contributed by atoms with Gasteiger partial charge in [-0.1, -0.05) is 0 Å². The van der Waals surface area contributed by atoms with Gasteiger partial charge in [0, 0.05) is 0 Å². The Morgan fingerprint density at radius 3 is 2.54 bits per heavy atom. The molecule has 4 heteroatoms. The molecule has 0 bridgehead atoms. The van der Waals surface area contributed by atoms with Gasteiger partial charge in [0.05, 0.1) is 0 Å². The highest BCUT2D eigenvalue weighted by Crippen LogP contribution is 2.41. The Labute approximate surface area is 74.8 Å². The number of carbonyl (C=O) groups is 1. The number of aromatic carboxylic acids is 1. The Morgan fingerprint density at radius 1 is 1.46 bits per heavy atom. The molecule has 1 aliphatic rings. The summed E-state index contributed by atoms with van der Waals surface area (Å²) in [6, 6.07) is 2.90. The van der Waals surface area contributed by atoms with E-state index < -0.39 is 11.6 Å². The predicted molar refractivity (Wildman–Crippen MR) is 43.4 cm³/mol. The van der Waals surface area contributed by atoms with Crippen molar-refractivity contribution >= 4 is 5.97 Å². The number of carboxylic acid groups (broad SMARTS) is 1. The van der Waals surface area contributed by atoms with Gasteiger partial charge in [0.2, 0.25) is 5.76 Å². The quantitative estimate of drug-likeness (QED) is 0.724. The van der Waals surface area contributed by atoms with Crippen LogP contribution in [0.1, 0.15) is 35.6 Å². The Hall–Kier alpha value is -1.29. The van der Waals surface area contributed by atoms with Gasteiger partial charge in [-0.05, 0) is 31.4 Å². The minimum Gasteiger partial charge on any atom is -0.475 e. The first-order valence-electron chi connectivity index (χ1n) is 4.18. The van der Waals surface area contributed by atoms with Gasteiger partial charge in [0.1, 0.15) is 11.4 Å². The van der Waals surface area contributed by atoms with Crippen molar-refractivity contribution in [3.63, 3.8) is 0 Å². The molecule has 2 N–H and O–H groups in total. The van der Waals surface area contributed by atoms with E-state index in [4.69, 9.17) is 9.52 Å². The van der Waals surface area contributed by atoms with Crippen LogP contribution in [0.2, 0.25) is 0 Å². The van der Waals surface area contributed by atoms with Gasteiger partial charge < -0.3 is 14.6 Å². The molecular formula is C9H10O4. The zero-order valence-corrected chi connectivity index (χ0v) is 6.99. The number of hydrogen-bond acceptors (Lipinski definition) is 3. The molecule has 1 aliphatic carbocycles. The number of aliphatic hydroxyl groups is 1. The van der Waals surface area contributed by atoms with E-state index in [1.54, 1.807) is 0 Å². The lowest BCUT2D eigenvalue weighted by atomic mass is 9.78. The maximum atomic E-state index is 10.5. The van der Waals surface area contributed by atoms with Crippen LogP contribution in [-0.2, 0) is 5.60 Å². The van der Waals surface area contributed by atoms with Crippen LogP contribution in [0, 0.1) is 0 Å². The monoisotopic (exact) mass is 182 g/mol. The summed E-state index contributed by atoms with van der Waals surface area (Å²) in [7, 11) is 0. The second kappa shape index (κ2) is 2.60. The van der Waals surface area contributed by atoms with E-state index in [0.717, 1.165) is 6.42 Å². The standard InChI is InChI=1S/C9H10O4/c10-8(11)6-2-3-7(13-6)9(12)4-1-5-9/h2-3,12H,1,4-5H2,(H,10,11). The Bertz CT molecular complexity index is 335. The maximum absolute atomic E-state index is 10.5. The molecule has 0 atom stereocenters. The van der Waals surface area contributed by atoms with Crippen molar-refractivity contribution in [3.8, 4) is 0 Å². The van der Waals surface area contributed by atoms with Crippen LogP contribution < -0.4 is 0 Å². The smallest absolute Gasteiger partial charge is 0.371 e. The van der Waals surface area contributed by atoms with Crippen LogP contribution in [0.25, 0.3) is 0 Å². The molecule has 0 saturated heterocycles. The highest BCUT2D eigenvalue weighted by molar-refractivity contribution is 5.84. The van der Waals surface area contributed by atoms with Crippen LogP contribution in [0.4, 0.5) is 0 Å². The molecule has 2 rings (SSSR count). The van der Waals surface area contributed by atoms with Gasteiger partial charge in [-0.3, -0.25) is 0 Å². The third kappa shape index (κ3) is 1.23. The average molecular weight is 182 g/mol. The second-order valence-corrected chi connectivity index (χ2v) is 3.35. The molecule has 70 valence electrons. The molecule has 0 aliphatic heterocycles. The van der Waals surface area contributed by atoms with Crippen LogP contribution in [0.3, 0.4) is 0 Å². The number of carboxylic acids is 1. The lowest BCUT2D eigenvalue weighted by Crippen LogP contribution is -2.33. The van der Waals surface area contributed by atoms with Gasteiger partial charge >= 0.3 is 5.97 Å². The van der Waals surface area contributed by atoms with Crippen molar-refractivity contribution in [3.05, 3.63) is 23.7 Å². The molecule has 0 radical (unpaired) electrons. The largest absolute Gasteiger partial charge is 0.475 e. The lowest BCUT2D eigenvalue weighted by Gasteiger charge is -2.34. The van der Waals surface area contributed by atoms with E-state index in [1.807, 2.05) is 0 Å². The van der Waals surface area contributed by atoms with E-state index in [1.165, 1.54) is 12.1 Å². The number of hydrogen-bond donors (Lipinski definition) is 2. The van der Waals surface area contributed by atoms with Crippen molar-refractivity contribution in [2.45, 2.75) is 24.9 Å². The first-order valence-corrected chi connectivity index (χ1v) is 4.18. The van der Waals surface area contributed by atoms with E-state index >= 15 is 0 Å². The second-order valence-electron chi connectivity index (χ2n) is 3.35. The van der Waals surface area contributed by atoms with Gasteiger partial charge in [-0.25, -0.2) is 4.79 Å². The summed E-state index contributed by atoms with van der Waals surface area (Å²) in [4.78, 5) is 10.5. The van der Waals surface area contributed by atoms with Crippen molar-refractivity contribution in [1.29, 1.82) is 0 Å². The molecule has 1 fully saturated rings. The van der Waals surface area contributed by atoms with Gasteiger partial charge in [0.25, 0.3) is 0 Å². The van der Waals surface area contributed by atoms with Crippen molar-refractivity contribution in [2.75, 3.05) is 0 Å². The normalized spacial score (nSPS) is 19.5. The van der Waals surface area contributed by atoms with Crippen LogP contribution in [-0.4, -0.2) is 16.2 Å². The SMILES string of the molecule is O=C(O)c1ccc(C2(O)CCC2)o1. The molecular weight excluding hydrogens is 172 g/mol. The summed E-state index contributed by atoms with van der Waals surface area (Å²) in [6.45, 7) is 0. The summed E-state index contributed by atoms with van der Waals surface area (Å²) >= 11 is 0. The summed E-state index contributed by atoms with van der Waals surface area (Å²) < 4.78 is 5.00. The summed E-state index contributed by atoms with van der Waals surface area (Å²) in [5.41, 5.74) is -0.909. The molecule has 13 heavy (non-hydrogen) atoms. The summed E-state index contributed by atoms with van der Waals surface area (Å²) in [5.74, 6) is -0.847. The van der Waals surface area contributed by atoms with Gasteiger partial charge in [-0.15, -0.1) is 0 Å². The van der Waals surface area contributed by atoms with Crippen LogP contribution >= 0.6 is 0 Å². The molecule has 0 unspecified atom stereocenters. The zero-order chi connectivity index (χ0) is 9.47. The Morgan fingerprint density at radius 2 is 2.15 bits per heavy atom. The molecule has 4 nitrogen and oxygen atoms in total. The van der Waals surface area contributed by atoms with Crippen LogP contribution in [0.15, 0.2) is 16.5 Å². The topological polar surface area (TPSA) is 70.7 Å². The number of furan rings is 1. The minimum absolute atomic E-state index is 0.115. The van der Waals surface area contributed by atoms with Crippen LogP contribution in [0.5, 0.6) is 0 Å². The average Bonchev–Trinajstić information content (AvgIpc) is 2.48. The van der Waals surface area contributed by atoms with E-state index in [-0.39, 0.29) is 5.76 Å². The molecule has 1 heterocycles. The third-order valence-electron chi connectivity index (χ3n) is 2.46. The highest BCUT2D eigenvalue weighted by Gasteiger charge is 2.39. The van der Waals surface area contributed by atoms with Crippen molar-refractivity contribution in [1.82, 2.24) is 0 Å². The first kappa shape index (κ1) is 8.31. The fraction of sp³-hybridized carbons (Fsp3) is 0.444. The minimum atomic E-state index is -1.10. The Kier molecular flexibility index (Phi) is 1.66. The fourth-order valence-electron chi connectivity index (χ4n) is 1.46. The molecule has 1 saturated carbocycles.